The van der Waals surface area contributed by atoms with E-state index in [0.29, 0.717) is 23.1 Å². The predicted molar refractivity (Wildman–Crippen MR) is 125 cm³/mol. The van der Waals surface area contributed by atoms with E-state index in [1.165, 1.54) is 12.0 Å². The van der Waals surface area contributed by atoms with Crippen LogP contribution in [0.1, 0.15) is 54.4 Å². The van der Waals surface area contributed by atoms with Crippen LogP contribution in [0.5, 0.6) is 0 Å². The second kappa shape index (κ2) is 8.32. The lowest BCUT2D eigenvalue weighted by Gasteiger charge is -2.61. The summed E-state index contributed by atoms with van der Waals surface area (Å²) in [6, 6.07) is 17.3. The van der Waals surface area contributed by atoms with E-state index < -0.39 is 11.3 Å². The van der Waals surface area contributed by atoms with Crippen LogP contribution in [0.2, 0.25) is 0 Å². The van der Waals surface area contributed by atoms with Crippen molar-refractivity contribution < 1.29 is 19.1 Å². The minimum Gasteiger partial charge on any atom is -0.455 e. The first-order valence-corrected chi connectivity index (χ1v) is 11.8. The minimum atomic E-state index is -0.487. The number of benzene rings is 2. The molecule has 6 heteroatoms. The third-order valence-corrected chi connectivity index (χ3v) is 7.85. The molecule has 4 aliphatic rings. The molecule has 172 valence electrons. The molecule has 2 amide bonds. The molecule has 33 heavy (non-hydrogen) atoms. The second-order valence-corrected chi connectivity index (χ2v) is 10.2. The summed E-state index contributed by atoms with van der Waals surface area (Å²) in [5.41, 5.74) is 1.85. The first kappa shape index (κ1) is 21.7. The molecule has 0 radical (unpaired) electrons. The van der Waals surface area contributed by atoms with Gasteiger partial charge >= 0.3 is 5.97 Å². The van der Waals surface area contributed by atoms with Gasteiger partial charge in [-0.1, -0.05) is 36.4 Å². The van der Waals surface area contributed by atoms with Crippen LogP contribution in [-0.2, 0) is 19.7 Å². The number of rotatable bonds is 6. The molecule has 4 fully saturated rings. The van der Waals surface area contributed by atoms with Crippen LogP contribution in [0.4, 0.5) is 5.69 Å². The molecular weight excluding hydrogens is 416 g/mol. The average molecular weight is 447 g/mol. The molecule has 0 heterocycles. The Labute approximate surface area is 194 Å². The van der Waals surface area contributed by atoms with E-state index >= 15 is 0 Å². The number of ether oxygens (including phenoxy) is 1. The Morgan fingerprint density at radius 2 is 1.70 bits per heavy atom. The van der Waals surface area contributed by atoms with Crippen LogP contribution >= 0.6 is 0 Å². The molecule has 6 rings (SSSR count). The van der Waals surface area contributed by atoms with Crippen molar-refractivity contribution in [1.82, 2.24) is 5.32 Å². The summed E-state index contributed by atoms with van der Waals surface area (Å²) < 4.78 is 5.61. The maximum atomic E-state index is 13.4. The fourth-order valence-electron chi connectivity index (χ4n) is 6.99. The van der Waals surface area contributed by atoms with Crippen molar-refractivity contribution in [3.8, 4) is 0 Å². The summed E-state index contributed by atoms with van der Waals surface area (Å²) >= 11 is 0. The van der Waals surface area contributed by atoms with Gasteiger partial charge < -0.3 is 15.4 Å². The van der Waals surface area contributed by atoms with E-state index in [0.717, 1.165) is 32.1 Å². The highest BCUT2D eigenvalue weighted by molar-refractivity contribution is 5.97. The number of hydrogen-bond donors (Lipinski definition) is 2. The number of hydrogen-bond acceptors (Lipinski definition) is 4. The van der Waals surface area contributed by atoms with Gasteiger partial charge in [0.25, 0.3) is 11.8 Å². The molecule has 0 saturated heterocycles. The average Bonchev–Trinajstić information content (AvgIpc) is 2.82. The smallest absolute Gasteiger partial charge is 0.312 e. The van der Waals surface area contributed by atoms with E-state index in [1.807, 2.05) is 6.07 Å². The quantitative estimate of drug-likeness (QED) is 0.656. The number of carbonyl (C=O) groups excluding carboxylic acids is 3. The van der Waals surface area contributed by atoms with E-state index in [1.54, 1.807) is 31.3 Å². The third kappa shape index (κ3) is 4.03. The maximum absolute atomic E-state index is 13.4. The van der Waals surface area contributed by atoms with Crippen molar-refractivity contribution in [2.45, 2.75) is 43.9 Å². The number of nitrogens with one attached hydrogen (secondary N) is 2. The molecule has 4 aliphatic carbocycles. The zero-order valence-corrected chi connectivity index (χ0v) is 18.9. The van der Waals surface area contributed by atoms with Gasteiger partial charge in [-0.2, -0.15) is 0 Å². The number of amides is 2. The third-order valence-electron chi connectivity index (χ3n) is 7.85. The first-order valence-electron chi connectivity index (χ1n) is 11.8. The van der Waals surface area contributed by atoms with Gasteiger partial charge in [-0.25, -0.2) is 0 Å². The Balaban J connectivity index is 1.26. The zero-order valence-electron chi connectivity index (χ0n) is 18.9. The predicted octanol–water partition coefficient (Wildman–Crippen LogP) is 4.07. The topological polar surface area (TPSA) is 84.5 Å². The fraction of sp³-hybridized carbons (Fsp3) is 0.444. The van der Waals surface area contributed by atoms with Crippen molar-refractivity contribution in [2.75, 3.05) is 19.0 Å². The fourth-order valence-corrected chi connectivity index (χ4v) is 6.99. The van der Waals surface area contributed by atoms with Gasteiger partial charge in [-0.15, -0.1) is 0 Å². The Morgan fingerprint density at radius 3 is 2.39 bits per heavy atom. The zero-order chi connectivity index (χ0) is 23.1. The molecule has 0 aliphatic heterocycles. The maximum Gasteiger partial charge on any atom is 0.312 e. The van der Waals surface area contributed by atoms with Crippen LogP contribution in [-0.4, -0.2) is 31.4 Å². The van der Waals surface area contributed by atoms with Crippen molar-refractivity contribution in [2.24, 2.45) is 17.3 Å². The summed E-state index contributed by atoms with van der Waals surface area (Å²) in [5, 5.41) is 5.29. The van der Waals surface area contributed by atoms with Crippen molar-refractivity contribution in [3.63, 3.8) is 0 Å². The molecule has 2 unspecified atom stereocenters. The van der Waals surface area contributed by atoms with Crippen molar-refractivity contribution in [3.05, 3.63) is 65.7 Å². The van der Waals surface area contributed by atoms with Gasteiger partial charge in [0.05, 0.1) is 5.41 Å². The molecule has 2 aromatic rings. The number of esters is 1. The summed E-state index contributed by atoms with van der Waals surface area (Å²) in [7, 11) is 1.55. The van der Waals surface area contributed by atoms with Crippen LogP contribution < -0.4 is 10.6 Å². The van der Waals surface area contributed by atoms with Gasteiger partial charge in [0, 0.05) is 18.3 Å². The van der Waals surface area contributed by atoms with E-state index in [-0.39, 0.29) is 23.9 Å². The van der Waals surface area contributed by atoms with Crippen LogP contribution in [0, 0.1) is 17.3 Å². The Hall–Kier alpha value is -3.15. The highest BCUT2D eigenvalue weighted by atomic mass is 16.5. The van der Waals surface area contributed by atoms with Crippen LogP contribution in [0.15, 0.2) is 54.6 Å². The molecule has 4 bridgehead atoms. The van der Waals surface area contributed by atoms with Crippen LogP contribution in [0.25, 0.3) is 0 Å². The van der Waals surface area contributed by atoms with E-state index in [4.69, 9.17) is 4.74 Å². The molecule has 6 nitrogen and oxygen atoms in total. The molecule has 4 saturated carbocycles. The van der Waals surface area contributed by atoms with Gasteiger partial charge in [0.2, 0.25) is 0 Å². The molecule has 2 N–H and O–H groups in total. The number of carbonyl (C=O) groups is 3. The lowest BCUT2D eigenvalue weighted by atomic mass is 9.43. The van der Waals surface area contributed by atoms with Gasteiger partial charge in [0.15, 0.2) is 6.61 Å². The summed E-state index contributed by atoms with van der Waals surface area (Å²) in [6.07, 6.45) is 6.03. The minimum absolute atomic E-state index is 0.0485. The van der Waals surface area contributed by atoms with Gasteiger partial charge in [0.1, 0.15) is 0 Å². The van der Waals surface area contributed by atoms with E-state index in [9.17, 15) is 14.4 Å². The molecule has 2 aromatic carbocycles. The summed E-state index contributed by atoms with van der Waals surface area (Å²) in [5.74, 6) is 0.221. The molecule has 0 spiro atoms. The highest BCUT2D eigenvalue weighted by Crippen LogP contribution is 2.66. The number of anilines is 1. The largest absolute Gasteiger partial charge is 0.455 e. The summed E-state index contributed by atoms with van der Waals surface area (Å²) in [6.45, 7) is -0.321. The van der Waals surface area contributed by atoms with Crippen molar-refractivity contribution in [1.29, 1.82) is 0 Å². The first-order chi connectivity index (χ1) is 15.9. The van der Waals surface area contributed by atoms with Crippen LogP contribution in [0.3, 0.4) is 0 Å². The SMILES string of the molecule is CNC(=O)c1cccc(NC(=O)COC(=O)C23CC4CC(C2)CC(c2ccccc2)(C4)C3)c1. The lowest BCUT2D eigenvalue weighted by Crippen LogP contribution is -2.57. The highest BCUT2D eigenvalue weighted by Gasteiger charge is 2.61. The summed E-state index contributed by atoms with van der Waals surface area (Å²) in [4.78, 5) is 37.7. The Morgan fingerprint density at radius 1 is 0.970 bits per heavy atom. The Kier molecular flexibility index (Phi) is 5.47. The van der Waals surface area contributed by atoms with Gasteiger partial charge in [-0.05, 0) is 79.5 Å². The monoisotopic (exact) mass is 446 g/mol. The van der Waals surface area contributed by atoms with Crippen molar-refractivity contribution >= 4 is 23.5 Å². The van der Waals surface area contributed by atoms with E-state index in [2.05, 4.69) is 34.9 Å². The standard InChI is InChI=1S/C27H30N2O4/c1-28-24(31)20-6-5-9-22(11-20)29-23(30)16-33-25(32)27-14-18-10-19(15-27)13-26(12-18,17-27)21-7-3-2-4-8-21/h2-9,11,18-19H,10,12-17H2,1H3,(H,28,31)(H,29,30). The molecular formula is C27H30N2O4. The lowest BCUT2D eigenvalue weighted by molar-refractivity contribution is -0.175. The molecule has 2 atom stereocenters. The second-order valence-electron chi connectivity index (χ2n) is 10.2. The normalized spacial score (nSPS) is 29.4. The molecule has 0 aromatic heterocycles. The van der Waals surface area contributed by atoms with Gasteiger partial charge in [-0.3, -0.25) is 14.4 Å². The Bertz CT molecular complexity index is 1070.